The molecule has 0 saturated carbocycles. The van der Waals surface area contributed by atoms with Crippen LogP contribution in [0.5, 0.6) is 0 Å². The molecule has 0 aliphatic heterocycles. The van der Waals surface area contributed by atoms with Gasteiger partial charge in [-0.05, 0) is 48.9 Å². The Morgan fingerprint density at radius 2 is 1.60 bits per heavy atom. The van der Waals surface area contributed by atoms with E-state index in [1.807, 2.05) is 44.2 Å². The lowest BCUT2D eigenvalue weighted by Gasteiger charge is -2.24. The molecule has 3 nitrogen and oxygen atoms in total. The second kappa shape index (κ2) is 11.2. The van der Waals surface area contributed by atoms with Gasteiger partial charge in [-0.25, -0.2) is 0 Å². The number of rotatable bonds is 10. The summed E-state index contributed by atoms with van der Waals surface area (Å²) >= 11 is 0. The Bertz CT molecular complexity index is 771. The summed E-state index contributed by atoms with van der Waals surface area (Å²) in [7, 11) is 0. The molecule has 0 N–H and O–H groups in total. The Hall–Kier alpha value is -2.34. The van der Waals surface area contributed by atoms with E-state index in [-0.39, 0.29) is 24.6 Å². The van der Waals surface area contributed by atoms with E-state index in [9.17, 15) is 18.0 Å². The summed E-state index contributed by atoms with van der Waals surface area (Å²) in [4.78, 5) is 12.5. The van der Waals surface area contributed by atoms with Crippen molar-refractivity contribution < 1.29 is 27.4 Å². The van der Waals surface area contributed by atoms with Crippen LogP contribution in [-0.4, -0.2) is 12.6 Å². The minimum absolute atomic E-state index is 0.148. The van der Waals surface area contributed by atoms with Crippen molar-refractivity contribution in [3.8, 4) is 0 Å². The van der Waals surface area contributed by atoms with Gasteiger partial charge in [-0.3, -0.25) is 4.79 Å². The van der Waals surface area contributed by atoms with E-state index in [0.29, 0.717) is 30.9 Å². The van der Waals surface area contributed by atoms with Crippen LogP contribution in [0.4, 0.5) is 13.2 Å². The van der Waals surface area contributed by atoms with E-state index in [1.54, 1.807) is 6.92 Å². The Labute approximate surface area is 176 Å². The monoisotopic (exact) mass is 422 g/mol. The fraction of sp³-hybridized carbons (Fsp3) is 0.458. The Morgan fingerprint density at radius 3 is 2.13 bits per heavy atom. The molecule has 2 atom stereocenters. The number of ether oxygens (including phenoxy) is 2. The normalized spacial score (nSPS) is 13.8. The second-order valence-electron chi connectivity index (χ2n) is 7.72. The first kappa shape index (κ1) is 23.9. The fourth-order valence-electron chi connectivity index (χ4n) is 3.33. The summed E-state index contributed by atoms with van der Waals surface area (Å²) in [6.07, 6.45) is -3.62. The van der Waals surface area contributed by atoms with E-state index >= 15 is 0 Å². The molecule has 0 amide bonds. The molecule has 0 aliphatic carbocycles. The maximum atomic E-state index is 12.8. The van der Waals surface area contributed by atoms with Crippen LogP contribution in [0.2, 0.25) is 0 Å². The van der Waals surface area contributed by atoms with Gasteiger partial charge in [0.2, 0.25) is 0 Å². The van der Waals surface area contributed by atoms with Gasteiger partial charge in [-0.2, -0.15) is 13.2 Å². The third-order valence-electron chi connectivity index (χ3n) is 4.78. The van der Waals surface area contributed by atoms with Crippen LogP contribution in [0.3, 0.4) is 0 Å². The topological polar surface area (TPSA) is 35.5 Å². The maximum absolute atomic E-state index is 12.8. The third-order valence-corrected chi connectivity index (χ3v) is 4.78. The van der Waals surface area contributed by atoms with Crippen LogP contribution in [0.1, 0.15) is 56.4 Å². The first-order valence-electron chi connectivity index (χ1n) is 10.2. The zero-order valence-electron chi connectivity index (χ0n) is 17.6. The van der Waals surface area contributed by atoms with E-state index in [4.69, 9.17) is 9.47 Å². The lowest BCUT2D eigenvalue weighted by Crippen LogP contribution is -2.23. The molecular weight excluding hydrogens is 393 g/mol. The van der Waals surface area contributed by atoms with Gasteiger partial charge in [0.15, 0.2) is 0 Å². The zero-order chi connectivity index (χ0) is 22.1. The highest BCUT2D eigenvalue weighted by Crippen LogP contribution is 2.32. The highest BCUT2D eigenvalue weighted by atomic mass is 19.4. The largest absolute Gasteiger partial charge is 0.466 e. The van der Waals surface area contributed by atoms with E-state index in [2.05, 4.69) is 0 Å². The molecule has 0 aromatic heterocycles. The Kier molecular flexibility index (Phi) is 8.90. The molecular formula is C24H29F3O3. The van der Waals surface area contributed by atoms with Crippen LogP contribution >= 0.6 is 0 Å². The van der Waals surface area contributed by atoms with E-state index in [1.165, 1.54) is 12.1 Å². The molecule has 0 unspecified atom stereocenters. The van der Waals surface area contributed by atoms with Crippen LogP contribution in [0.25, 0.3) is 0 Å². The predicted molar refractivity (Wildman–Crippen MR) is 110 cm³/mol. The molecule has 0 fully saturated rings. The van der Waals surface area contributed by atoms with Crippen molar-refractivity contribution >= 4 is 5.97 Å². The first-order chi connectivity index (χ1) is 14.2. The van der Waals surface area contributed by atoms with E-state index in [0.717, 1.165) is 17.7 Å². The summed E-state index contributed by atoms with van der Waals surface area (Å²) in [5.74, 6) is -0.251. The SMILES string of the molecule is CCOC(=O)[C@H](CC(C)C)C[C@H](OCc1ccc(C(F)(F)F)cc1)c1ccccc1. The molecule has 2 aromatic carbocycles. The van der Waals surface area contributed by atoms with Crippen LogP contribution in [0, 0.1) is 11.8 Å². The number of alkyl halides is 3. The van der Waals surface area contributed by atoms with Gasteiger partial charge >= 0.3 is 12.1 Å². The van der Waals surface area contributed by atoms with Crippen molar-refractivity contribution in [2.24, 2.45) is 11.8 Å². The number of hydrogen-bond donors (Lipinski definition) is 0. The number of benzene rings is 2. The summed E-state index contributed by atoms with van der Waals surface area (Å²) in [6, 6.07) is 14.5. The third kappa shape index (κ3) is 7.48. The minimum Gasteiger partial charge on any atom is -0.466 e. The van der Waals surface area contributed by atoms with Crippen LogP contribution < -0.4 is 0 Å². The molecule has 164 valence electrons. The Balaban J connectivity index is 2.16. The molecule has 0 spiro atoms. The van der Waals surface area contributed by atoms with Gasteiger partial charge in [0.1, 0.15) is 0 Å². The lowest BCUT2D eigenvalue weighted by atomic mass is 9.89. The van der Waals surface area contributed by atoms with Crippen molar-refractivity contribution in [1.82, 2.24) is 0 Å². The summed E-state index contributed by atoms with van der Waals surface area (Å²) in [5.41, 5.74) is 0.869. The molecule has 2 rings (SSSR count). The van der Waals surface area contributed by atoms with Gasteiger partial charge in [0.05, 0.1) is 30.8 Å². The lowest BCUT2D eigenvalue weighted by molar-refractivity contribution is -0.150. The molecule has 0 heterocycles. The minimum atomic E-state index is -4.37. The van der Waals surface area contributed by atoms with Gasteiger partial charge in [-0.1, -0.05) is 56.3 Å². The number of carbonyl (C=O) groups excluding carboxylic acids is 1. The fourth-order valence-corrected chi connectivity index (χ4v) is 3.33. The first-order valence-corrected chi connectivity index (χ1v) is 10.2. The van der Waals surface area contributed by atoms with Gasteiger partial charge in [-0.15, -0.1) is 0 Å². The number of hydrogen-bond acceptors (Lipinski definition) is 3. The summed E-state index contributed by atoms with van der Waals surface area (Å²) in [5, 5.41) is 0. The highest BCUT2D eigenvalue weighted by molar-refractivity contribution is 5.72. The molecule has 0 radical (unpaired) electrons. The second-order valence-corrected chi connectivity index (χ2v) is 7.72. The van der Waals surface area contributed by atoms with Crippen LogP contribution in [-0.2, 0) is 27.1 Å². The zero-order valence-corrected chi connectivity index (χ0v) is 17.6. The average molecular weight is 422 g/mol. The molecule has 2 aromatic rings. The Morgan fingerprint density at radius 1 is 0.967 bits per heavy atom. The van der Waals surface area contributed by atoms with Gasteiger partial charge in [0.25, 0.3) is 0 Å². The van der Waals surface area contributed by atoms with Crippen molar-refractivity contribution in [2.45, 2.75) is 52.5 Å². The quantitative estimate of drug-likeness (QED) is 0.406. The molecule has 0 bridgehead atoms. The molecule has 0 aliphatic rings. The van der Waals surface area contributed by atoms with Crippen molar-refractivity contribution in [1.29, 1.82) is 0 Å². The van der Waals surface area contributed by atoms with E-state index < -0.39 is 11.7 Å². The van der Waals surface area contributed by atoms with Crippen molar-refractivity contribution in [3.05, 3.63) is 71.3 Å². The summed E-state index contributed by atoms with van der Waals surface area (Å²) in [6.45, 7) is 6.34. The van der Waals surface area contributed by atoms with Crippen molar-refractivity contribution in [3.63, 3.8) is 0 Å². The highest BCUT2D eigenvalue weighted by Gasteiger charge is 2.30. The van der Waals surface area contributed by atoms with Gasteiger partial charge < -0.3 is 9.47 Å². The maximum Gasteiger partial charge on any atom is 0.416 e. The average Bonchev–Trinajstić information content (AvgIpc) is 2.70. The smallest absolute Gasteiger partial charge is 0.416 e. The van der Waals surface area contributed by atoms with Crippen molar-refractivity contribution in [2.75, 3.05) is 6.61 Å². The molecule has 30 heavy (non-hydrogen) atoms. The number of halogens is 3. The summed E-state index contributed by atoms with van der Waals surface area (Å²) < 4.78 is 49.6. The van der Waals surface area contributed by atoms with Gasteiger partial charge in [0, 0.05) is 0 Å². The molecule has 0 saturated heterocycles. The van der Waals surface area contributed by atoms with Crippen LogP contribution in [0.15, 0.2) is 54.6 Å². The predicted octanol–water partition coefficient (Wildman–Crippen LogP) is 6.58. The standard InChI is InChI=1S/C24H29F3O3/c1-4-29-23(28)20(14-17(2)3)15-22(19-8-6-5-7-9-19)30-16-18-10-12-21(13-11-18)24(25,26)27/h5-13,17,20,22H,4,14-16H2,1-3H3/t20-,22+/m1/s1. The number of esters is 1. The molecule has 6 heteroatoms. The number of carbonyl (C=O) groups is 1.